The first kappa shape index (κ1) is 50.4. The summed E-state index contributed by atoms with van der Waals surface area (Å²) in [6.07, 6.45) is 29.1. The predicted octanol–water partition coefficient (Wildman–Crippen LogP) is 8.81. The smallest absolute Gasteiger partial charge is 0.335 e. The van der Waals surface area contributed by atoms with E-state index in [2.05, 4.69) is 50.3 Å². The molecule has 4 N–H and O–H groups in total. The summed E-state index contributed by atoms with van der Waals surface area (Å²) in [5.74, 6) is -2.47. The third-order valence-corrected chi connectivity index (χ3v) is 9.71. The van der Waals surface area contributed by atoms with Crippen molar-refractivity contribution in [3.8, 4) is 0 Å². The highest BCUT2D eigenvalue weighted by atomic mass is 16.7. The number of carbonyl (C=O) groups excluding carboxylic acids is 2. The van der Waals surface area contributed by atoms with Gasteiger partial charge in [0.15, 0.2) is 18.5 Å². The van der Waals surface area contributed by atoms with Gasteiger partial charge in [-0.2, -0.15) is 0 Å². The molecule has 6 atom stereocenters. The third kappa shape index (κ3) is 26.8. The second-order valence-electron chi connectivity index (χ2n) is 14.8. The van der Waals surface area contributed by atoms with Crippen molar-refractivity contribution < 1.29 is 53.8 Å². The van der Waals surface area contributed by atoms with Crippen LogP contribution in [-0.2, 0) is 33.3 Å². The Balaban J connectivity index is 2.41. The molecule has 1 aliphatic rings. The molecule has 318 valence electrons. The second-order valence-corrected chi connectivity index (χ2v) is 14.8. The molecule has 0 radical (unpaired) electrons. The van der Waals surface area contributed by atoms with Gasteiger partial charge in [-0.15, -0.1) is 0 Å². The fourth-order valence-corrected chi connectivity index (χ4v) is 6.26. The minimum Gasteiger partial charge on any atom is -0.479 e. The molecule has 0 saturated carbocycles. The molecule has 0 aromatic rings. The van der Waals surface area contributed by atoms with E-state index in [-0.39, 0.29) is 19.4 Å². The molecule has 0 aromatic carbocycles. The average molecular weight is 781 g/mol. The van der Waals surface area contributed by atoms with E-state index in [1.807, 2.05) is 0 Å². The van der Waals surface area contributed by atoms with Crippen LogP contribution >= 0.6 is 0 Å². The maximum absolute atomic E-state index is 12.7. The van der Waals surface area contributed by atoms with Gasteiger partial charge in [-0.1, -0.05) is 127 Å². The Labute approximate surface area is 331 Å². The Morgan fingerprint density at radius 3 is 1.53 bits per heavy atom. The van der Waals surface area contributed by atoms with Crippen LogP contribution in [0.5, 0.6) is 0 Å². The van der Waals surface area contributed by atoms with Crippen molar-refractivity contribution in [3.05, 3.63) is 36.5 Å². The summed E-state index contributed by atoms with van der Waals surface area (Å²) in [7, 11) is 0. The van der Waals surface area contributed by atoms with Crippen LogP contribution in [0.25, 0.3) is 0 Å². The maximum atomic E-state index is 12.7. The number of hydrogen-bond donors (Lipinski definition) is 4. The highest BCUT2D eigenvalue weighted by Gasteiger charge is 2.47. The first-order valence-corrected chi connectivity index (χ1v) is 21.5. The molecule has 1 rings (SSSR count). The molecule has 55 heavy (non-hydrogen) atoms. The second kappa shape index (κ2) is 34.7. The fraction of sp³-hybridized carbons (Fsp3) is 0.795. The van der Waals surface area contributed by atoms with Gasteiger partial charge in [0.25, 0.3) is 0 Å². The van der Waals surface area contributed by atoms with Crippen LogP contribution in [0.4, 0.5) is 0 Å². The number of carbonyl (C=O) groups is 3. The Bertz CT molecular complexity index is 1060. The van der Waals surface area contributed by atoms with E-state index in [9.17, 15) is 34.8 Å². The van der Waals surface area contributed by atoms with Crippen molar-refractivity contribution in [2.75, 3.05) is 13.2 Å². The number of aliphatic hydroxyl groups excluding tert-OH is 3. The molecule has 1 saturated heterocycles. The number of esters is 2. The van der Waals surface area contributed by atoms with E-state index in [0.29, 0.717) is 12.8 Å². The number of aliphatic carboxylic acids is 1. The molecule has 0 amide bonds. The van der Waals surface area contributed by atoms with Gasteiger partial charge in [0.2, 0.25) is 0 Å². The van der Waals surface area contributed by atoms with Crippen LogP contribution in [0.1, 0.15) is 174 Å². The van der Waals surface area contributed by atoms with E-state index in [1.54, 1.807) is 0 Å². The van der Waals surface area contributed by atoms with E-state index in [0.717, 1.165) is 83.5 Å². The summed E-state index contributed by atoms with van der Waals surface area (Å²) >= 11 is 0. The van der Waals surface area contributed by atoms with Crippen molar-refractivity contribution in [1.82, 2.24) is 0 Å². The summed E-state index contributed by atoms with van der Waals surface area (Å²) in [5, 5.41) is 39.7. The van der Waals surface area contributed by atoms with Crippen LogP contribution in [0, 0.1) is 0 Å². The minimum atomic E-state index is -1.86. The maximum Gasteiger partial charge on any atom is 0.335 e. The van der Waals surface area contributed by atoms with E-state index < -0.39 is 61.3 Å². The highest BCUT2D eigenvalue weighted by molar-refractivity contribution is 5.73. The minimum absolute atomic E-state index is 0.169. The van der Waals surface area contributed by atoms with Crippen molar-refractivity contribution in [2.24, 2.45) is 0 Å². The zero-order chi connectivity index (χ0) is 40.4. The van der Waals surface area contributed by atoms with Crippen LogP contribution < -0.4 is 0 Å². The van der Waals surface area contributed by atoms with Gasteiger partial charge >= 0.3 is 17.9 Å². The van der Waals surface area contributed by atoms with Crippen molar-refractivity contribution in [2.45, 2.75) is 211 Å². The standard InChI is InChI=1S/C44H76O11/c1-3-5-7-9-11-13-15-17-18-19-21-22-24-26-28-30-32-37(45)52-34-36(35-53-44-41(49)39(47)40(48)42(55-44)43(50)51)54-38(46)33-31-29-27-25-23-20-16-14-12-10-8-6-4-2/h13-16,18-19,36,39-42,44,47-49H,3-12,17,20-35H2,1-2H3,(H,50,51)/b15-13-,16-14-,19-18-. The van der Waals surface area contributed by atoms with Crippen LogP contribution in [0.3, 0.4) is 0 Å². The lowest BCUT2D eigenvalue weighted by Gasteiger charge is -2.38. The fourth-order valence-electron chi connectivity index (χ4n) is 6.26. The lowest BCUT2D eigenvalue weighted by atomic mass is 9.99. The number of rotatable bonds is 35. The molecular weight excluding hydrogens is 704 g/mol. The largest absolute Gasteiger partial charge is 0.479 e. The monoisotopic (exact) mass is 781 g/mol. The zero-order valence-corrected chi connectivity index (χ0v) is 34.2. The van der Waals surface area contributed by atoms with Gasteiger partial charge in [0.05, 0.1) is 6.61 Å². The molecule has 11 nitrogen and oxygen atoms in total. The molecule has 0 aliphatic carbocycles. The van der Waals surface area contributed by atoms with Gasteiger partial charge < -0.3 is 39.4 Å². The molecule has 0 aromatic heterocycles. The summed E-state index contributed by atoms with van der Waals surface area (Å²) < 4.78 is 21.7. The molecular formula is C44H76O11. The lowest BCUT2D eigenvalue weighted by Crippen LogP contribution is -2.60. The molecule has 6 unspecified atom stereocenters. The average Bonchev–Trinajstić information content (AvgIpc) is 3.17. The van der Waals surface area contributed by atoms with Gasteiger partial charge in [-0.3, -0.25) is 9.59 Å². The van der Waals surface area contributed by atoms with Crippen molar-refractivity contribution in [1.29, 1.82) is 0 Å². The first-order valence-electron chi connectivity index (χ1n) is 21.5. The molecule has 1 fully saturated rings. The van der Waals surface area contributed by atoms with Gasteiger partial charge in [-0.25, -0.2) is 4.79 Å². The molecule has 11 heteroatoms. The Kier molecular flexibility index (Phi) is 31.8. The van der Waals surface area contributed by atoms with Crippen molar-refractivity contribution >= 4 is 17.9 Å². The molecule has 0 bridgehead atoms. The first-order chi connectivity index (χ1) is 26.7. The normalized spacial score (nSPS) is 20.8. The zero-order valence-electron chi connectivity index (χ0n) is 34.2. The van der Waals surface area contributed by atoms with E-state index in [1.165, 1.54) is 51.4 Å². The third-order valence-electron chi connectivity index (χ3n) is 9.71. The summed E-state index contributed by atoms with van der Waals surface area (Å²) in [6, 6.07) is 0. The Hall–Kier alpha value is -2.57. The van der Waals surface area contributed by atoms with Gasteiger partial charge in [-0.05, 0) is 70.6 Å². The number of allylic oxidation sites excluding steroid dienone is 6. The van der Waals surface area contributed by atoms with Crippen molar-refractivity contribution in [3.63, 3.8) is 0 Å². The number of ether oxygens (including phenoxy) is 4. The molecule has 0 spiro atoms. The quantitative estimate of drug-likeness (QED) is 0.0275. The summed E-state index contributed by atoms with van der Waals surface area (Å²) in [5.41, 5.74) is 0. The predicted molar refractivity (Wildman–Crippen MR) is 215 cm³/mol. The van der Waals surface area contributed by atoms with Crippen LogP contribution in [0.15, 0.2) is 36.5 Å². The number of carboxylic acid groups (broad SMARTS) is 1. The summed E-state index contributed by atoms with van der Waals surface area (Å²) in [6.45, 7) is 3.75. The highest BCUT2D eigenvalue weighted by Crippen LogP contribution is 2.23. The lowest BCUT2D eigenvalue weighted by molar-refractivity contribution is -0.298. The van der Waals surface area contributed by atoms with Gasteiger partial charge in [0, 0.05) is 12.8 Å². The topological polar surface area (TPSA) is 169 Å². The van der Waals surface area contributed by atoms with E-state index >= 15 is 0 Å². The summed E-state index contributed by atoms with van der Waals surface area (Å²) in [4.78, 5) is 36.7. The molecule has 1 aliphatic heterocycles. The van der Waals surface area contributed by atoms with E-state index in [4.69, 9.17) is 18.9 Å². The number of hydrogen-bond acceptors (Lipinski definition) is 10. The SMILES string of the molecule is CCCCCC/C=C\C/C=C\CCCCCCCC(=O)OCC(COC1OC(C(=O)O)C(O)C(O)C1O)OC(=O)CCCCCCC/C=C\CCCCCC. The van der Waals surface area contributed by atoms with Crippen LogP contribution in [-0.4, -0.2) is 88.4 Å². The van der Waals surface area contributed by atoms with Crippen LogP contribution in [0.2, 0.25) is 0 Å². The molecule has 1 heterocycles. The number of unbranched alkanes of at least 4 members (excludes halogenated alkanes) is 18. The number of aliphatic hydroxyl groups is 3. The Morgan fingerprint density at radius 1 is 0.564 bits per heavy atom. The number of carboxylic acids is 1. The Morgan fingerprint density at radius 2 is 1.02 bits per heavy atom. The van der Waals surface area contributed by atoms with Gasteiger partial charge in [0.1, 0.15) is 24.9 Å².